The minimum atomic E-state index is -0.225. The average molecular weight is 416 g/mol. The Morgan fingerprint density at radius 3 is 1.93 bits per heavy atom. The maximum absolute atomic E-state index is 13.0. The van der Waals surface area contributed by atoms with Crippen LogP contribution in [0.15, 0.2) is 91.0 Å². The van der Waals surface area contributed by atoms with E-state index in [1.807, 2.05) is 66.7 Å². The van der Waals surface area contributed by atoms with Crippen LogP contribution in [0.25, 0.3) is 5.69 Å². The number of nitrogens with one attached hydrogen (secondary N) is 1. The minimum Gasteiger partial charge on any atom is -0.351 e. The number of aromatic nitrogens is 2. The number of benzene rings is 3. The molecule has 4 rings (SSSR count). The van der Waals surface area contributed by atoms with E-state index < -0.39 is 0 Å². The van der Waals surface area contributed by atoms with E-state index in [9.17, 15) is 4.79 Å². The Balaban J connectivity index is 1.58. The van der Waals surface area contributed by atoms with Crippen LogP contribution in [-0.4, -0.2) is 22.2 Å². The highest BCUT2D eigenvalue weighted by Crippen LogP contribution is 2.26. The Kier molecular flexibility index (Phi) is 5.96. The second-order valence-electron chi connectivity index (χ2n) is 7.08. The van der Waals surface area contributed by atoms with Crippen molar-refractivity contribution in [2.45, 2.75) is 12.8 Å². The van der Waals surface area contributed by atoms with Gasteiger partial charge in [-0.2, -0.15) is 5.10 Å². The SMILES string of the molecule is Cc1nn(-c2ccccc2)c(Cl)c1C(=O)NCC(c1ccccc1)c1ccccc1. The van der Waals surface area contributed by atoms with Crippen molar-refractivity contribution >= 4 is 17.5 Å². The molecule has 0 unspecified atom stereocenters. The number of carbonyl (C=O) groups is 1. The predicted octanol–water partition coefficient (Wildman–Crippen LogP) is 5.40. The van der Waals surface area contributed by atoms with E-state index in [4.69, 9.17) is 11.6 Å². The van der Waals surface area contributed by atoms with Gasteiger partial charge in [0.1, 0.15) is 5.15 Å². The van der Waals surface area contributed by atoms with E-state index in [0.29, 0.717) is 23.0 Å². The molecule has 0 spiro atoms. The molecule has 0 aliphatic rings. The molecule has 4 aromatic rings. The highest BCUT2D eigenvalue weighted by atomic mass is 35.5. The van der Waals surface area contributed by atoms with Crippen molar-refractivity contribution in [1.29, 1.82) is 0 Å². The summed E-state index contributed by atoms with van der Waals surface area (Å²) in [6.45, 7) is 2.26. The standard InChI is InChI=1S/C25H22ClN3O/c1-18-23(24(26)29(28-18)21-15-9-4-10-16-21)25(30)27-17-22(19-11-5-2-6-12-19)20-13-7-3-8-14-20/h2-16,22H,17H2,1H3,(H,27,30). The van der Waals surface area contributed by atoms with Gasteiger partial charge >= 0.3 is 0 Å². The number of hydrogen-bond acceptors (Lipinski definition) is 2. The van der Waals surface area contributed by atoms with Crippen LogP contribution in [0.3, 0.4) is 0 Å². The Morgan fingerprint density at radius 1 is 0.900 bits per heavy atom. The van der Waals surface area contributed by atoms with E-state index in [0.717, 1.165) is 16.8 Å². The zero-order valence-electron chi connectivity index (χ0n) is 16.6. The van der Waals surface area contributed by atoms with Gasteiger partial charge in [-0.15, -0.1) is 0 Å². The van der Waals surface area contributed by atoms with Gasteiger partial charge < -0.3 is 5.32 Å². The molecule has 1 amide bonds. The van der Waals surface area contributed by atoms with Crippen molar-refractivity contribution in [1.82, 2.24) is 15.1 Å². The van der Waals surface area contributed by atoms with Crippen LogP contribution < -0.4 is 5.32 Å². The molecular formula is C25H22ClN3O. The van der Waals surface area contributed by atoms with Crippen LogP contribution in [-0.2, 0) is 0 Å². The van der Waals surface area contributed by atoms with Crippen molar-refractivity contribution in [3.05, 3.63) is 119 Å². The van der Waals surface area contributed by atoms with Crippen molar-refractivity contribution in [3.63, 3.8) is 0 Å². The molecule has 0 saturated carbocycles. The third-order valence-corrected chi connectivity index (χ3v) is 5.45. The number of hydrogen-bond donors (Lipinski definition) is 1. The molecule has 30 heavy (non-hydrogen) atoms. The monoisotopic (exact) mass is 415 g/mol. The Labute approximate surface area is 181 Å². The van der Waals surface area contributed by atoms with Gasteiger partial charge in [-0.25, -0.2) is 4.68 Å². The van der Waals surface area contributed by atoms with E-state index in [-0.39, 0.29) is 11.8 Å². The molecule has 1 heterocycles. The Morgan fingerprint density at radius 2 is 1.40 bits per heavy atom. The summed E-state index contributed by atoms with van der Waals surface area (Å²) in [5, 5.41) is 7.85. The lowest BCUT2D eigenvalue weighted by Gasteiger charge is -2.19. The molecule has 1 aromatic heterocycles. The summed E-state index contributed by atoms with van der Waals surface area (Å²) in [7, 11) is 0. The second kappa shape index (κ2) is 8.97. The summed E-state index contributed by atoms with van der Waals surface area (Å²) in [5.74, 6) is -0.184. The van der Waals surface area contributed by atoms with Gasteiger partial charge in [0.05, 0.1) is 16.9 Å². The molecule has 0 bridgehead atoms. The Bertz CT molecular complexity index is 1090. The summed E-state index contributed by atoms with van der Waals surface area (Å²) in [4.78, 5) is 13.0. The van der Waals surface area contributed by atoms with E-state index >= 15 is 0 Å². The lowest BCUT2D eigenvalue weighted by atomic mass is 9.91. The quantitative estimate of drug-likeness (QED) is 0.458. The number of halogens is 1. The van der Waals surface area contributed by atoms with Crippen molar-refractivity contribution in [2.24, 2.45) is 0 Å². The summed E-state index contributed by atoms with van der Waals surface area (Å²) in [6.07, 6.45) is 0. The van der Waals surface area contributed by atoms with Crippen molar-refractivity contribution in [2.75, 3.05) is 6.54 Å². The van der Waals surface area contributed by atoms with Gasteiger partial charge in [-0.1, -0.05) is 90.5 Å². The molecule has 150 valence electrons. The summed E-state index contributed by atoms with van der Waals surface area (Å²) >= 11 is 6.55. The van der Waals surface area contributed by atoms with Crippen LogP contribution >= 0.6 is 11.6 Å². The fraction of sp³-hybridized carbons (Fsp3) is 0.120. The molecule has 1 N–H and O–H groups in total. The first kappa shape index (κ1) is 19.9. The molecule has 3 aromatic carbocycles. The summed E-state index contributed by atoms with van der Waals surface area (Å²) in [6, 6.07) is 29.9. The fourth-order valence-electron chi connectivity index (χ4n) is 3.58. The second-order valence-corrected chi connectivity index (χ2v) is 7.44. The van der Waals surface area contributed by atoms with E-state index in [1.165, 1.54) is 0 Å². The third-order valence-electron chi connectivity index (χ3n) is 5.10. The molecule has 0 atom stereocenters. The largest absolute Gasteiger partial charge is 0.351 e. The van der Waals surface area contributed by atoms with Crippen LogP contribution in [0.5, 0.6) is 0 Å². The molecular weight excluding hydrogens is 394 g/mol. The number of aryl methyl sites for hydroxylation is 1. The van der Waals surface area contributed by atoms with Gasteiger partial charge in [-0.3, -0.25) is 4.79 Å². The highest BCUT2D eigenvalue weighted by molar-refractivity contribution is 6.33. The number of amides is 1. The molecule has 0 aliphatic heterocycles. The normalized spacial score (nSPS) is 10.9. The number of nitrogens with zero attached hydrogens (tertiary/aromatic N) is 2. The van der Waals surface area contributed by atoms with Crippen molar-refractivity contribution in [3.8, 4) is 5.69 Å². The summed E-state index contributed by atoms with van der Waals surface area (Å²) in [5.41, 5.74) is 4.10. The number of rotatable bonds is 6. The average Bonchev–Trinajstić information content (AvgIpc) is 3.10. The van der Waals surface area contributed by atoms with Gasteiger partial charge in [-0.05, 0) is 30.2 Å². The maximum Gasteiger partial charge on any atom is 0.256 e. The molecule has 0 aliphatic carbocycles. The van der Waals surface area contributed by atoms with Gasteiger partial charge in [0.15, 0.2) is 0 Å². The first-order valence-electron chi connectivity index (χ1n) is 9.84. The maximum atomic E-state index is 13.0. The van der Waals surface area contributed by atoms with Crippen molar-refractivity contribution < 1.29 is 4.79 Å². The van der Waals surface area contributed by atoms with Gasteiger partial charge in [0.2, 0.25) is 0 Å². The molecule has 4 nitrogen and oxygen atoms in total. The fourth-order valence-corrected chi connectivity index (χ4v) is 3.94. The zero-order chi connectivity index (χ0) is 20.9. The van der Waals surface area contributed by atoms with E-state index in [1.54, 1.807) is 11.6 Å². The lowest BCUT2D eigenvalue weighted by molar-refractivity contribution is 0.0952. The molecule has 0 radical (unpaired) electrons. The van der Waals surface area contributed by atoms with E-state index in [2.05, 4.69) is 34.7 Å². The predicted molar refractivity (Wildman–Crippen MR) is 120 cm³/mol. The van der Waals surface area contributed by atoms with Crippen LogP contribution in [0.1, 0.15) is 33.1 Å². The van der Waals surface area contributed by atoms with Crippen LogP contribution in [0.2, 0.25) is 5.15 Å². The summed E-state index contributed by atoms with van der Waals surface area (Å²) < 4.78 is 1.59. The number of para-hydroxylation sites is 1. The van der Waals surface area contributed by atoms with Gasteiger partial charge in [0, 0.05) is 12.5 Å². The molecule has 5 heteroatoms. The minimum absolute atomic E-state index is 0.0413. The van der Waals surface area contributed by atoms with Gasteiger partial charge in [0.25, 0.3) is 5.91 Å². The first-order valence-corrected chi connectivity index (χ1v) is 10.2. The Hall–Kier alpha value is -3.37. The smallest absolute Gasteiger partial charge is 0.256 e. The lowest BCUT2D eigenvalue weighted by Crippen LogP contribution is -2.29. The molecule has 0 fully saturated rings. The highest BCUT2D eigenvalue weighted by Gasteiger charge is 2.22. The topological polar surface area (TPSA) is 46.9 Å². The molecule has 0 saturated heterocycles. The van der Waals surface area contributed by atoms with Crippen LogP contribution in [0.4, 0.5) is 0 Å². The zero-order valence-corrected chi connectivity index (χ0v) is 17.4. The number of carbonyl (C=O) groups excluding carboxylic acids is 1. The third kappa shape index (κ3) is 4.14. The first-order chi connectivity index (χ1) is 14.6. The van der Waals surface area contributed by atoms with Crippen LogP contribution in [0, 0.1) is 6.92 Å².